The van der Waals surface area contributed by atoms with E-state index >= 15 is 0 Å². The molecule has 0 saturated heterocycles. The Morgan fingerprint density at radius 3 is 2.71 bits per heavy atom. The number of hydrogen-bond donors (Lipinski definition) is 1. The van der Waals surface area contributed by atoms with E-state index in [1.54, 1.807) is 13.3 Å². The van der Waals surface area contributed by atoms with Crippen molar-refractivity contribution >= 4 is 15.9 Å². The van der Waals surface area contributed by atoms with Gasteiger partial charge in [0.1, 0.15) is 6.61 Å². The highest BCUT2D eigenvalue weighted by atomic mass is 79.9. The van der Waals surface area contributed by atoms with Gasteiger partial charge >= 0.3 is 0 Å². The standard InChI is InChI=1S/C15H25BrN2O3/c1-12(2)9-17-10-13-8-14(16)11-18-15(13)21-7-6-20-5-4-19-3/h8,11-12,17H,4-7,9-10H2,1-3H3. The molecule has 1 N–H and O–H groups in total. The normalized spacial score (nSPS) is 11.1. The molecule has 0 spiro atoms. The Bertz CT molecular complexity index is 403. The number of halogens is 1. The van der Waals surface area contributed by atoms with E-state index in [1.807, 2.05) is 6.07 Å². The summed E-state index contributed by atoms with van der Waals surface area (Å²) in [4.78, 5) is 4.32. The lowest BCUT2D eigenvalue weighted by molar-refractivity contribution is 0.0535. The number of methoxy groups -OCH3 is 1. The molecule has 0 bridgehead atoms. The molecule has 1 rings (SSSR count). The minimum Gasteiger partial charge on any atom is -0.475 e. The van der Waals surface area contributed by atoms with Crippen LogP contribution in [-0.4, -0.2) is 45.1 Å². The molecule has 0 fully saturated rings. The average molecular weight is 361 g/mol. The lowest BCUT2D eigenvalue weighted by atomic mass is 10.2. The molecule has 0 atom stereocenters. The average Bonchev–Trinajstić information content (AvgIpc) is 2.44. The molecule has 6 heteroatoms. The number of nitrogens with one attached hydrogen (secondary N) is 1. The zero-order chi connectivity index (χ0) is 15.5. The van der Waals surface area contributed by atoms with E-state index in [1.165, 1.54) is 0 Å². The van der Waals surface area contributed by atoms with Crippen LogP contribution in [0.2, 0.25) is 0 Å². The second-order valence-electron chi connectivity index (χ2n) is 5.10. The van der Waals surface area contributed by atoms with Gasteiger partial charge in [0.25, 0.3) is 0 Å². The van der Waals surface area contributed by atoms with Crippen LogP contribution in [0.5, 0.6) is 5.88 Å². The summed E-state index contributed by atoms with van der Waals surface area (Å²) in [6.07, 6.45) is 1.74. The predicted octanol–water partition coefficient (Wildman–Crippen LogP) is 2.63. The summed E-state index contributed by atoms with van der Waals surface area (Å²) in [5.74, 6) is 1.27. The first-order valence-corrected chi connectivity index (χ1v) is 7.97. The Labute approximate surface area is 135 Å². The third-order valence-electron chi connectivity index (χ3n) is 2.66. The summed E-state index contributed by atoms with van der Waals surface area (Å²) in [6, 6.07) is 2.03. The molecule has 5 nitrogen and oxygen atoms in total. The van der Waals surface area contributed by atoms with Crippen molar-refractivity contribution in [2.75, 3.05) is 40.1 Å². The van der Waals surface area contributed by atoms with Crippen LogP contribution < -0.4 is 10.1 Å². The summed E-state index contributed by atoms with van der Waals surface area (Å²) in [5.41, 5.74) is 1.04. The fraction of sp³-hybridized carbons (Fsp3) is 0.667. The Morgan fingerprint density at radius 2 is 2.00 bits per heavy atom. The van der Waals surface area contributed by atoms with E-state index in [-0.39, 0.29) is 0 Å². The molecule has 21 heavy (non-hydrogen) atoms. The molecular weight excluding hydrogens is 336 g/mol. The molecular formula is C15H25BrN2O3. The van der Waals surface area contributed by atoms with Gasteiger partial charge in [0.05, 0.1) is 19.8 Å². The predicted molar refractivity (Wildman–Crippen MR) is 86.7 cm³/mol. The first-order valence-electron chi connectivity index (χ1n) is 7.18. The maximum Gasteiger partial charge on any atom is 0.217 e. The maximum absolute atomic E-state index is 5.69. The van der Waals surface area contributed by atoms with Crippen molar-refractivity contribution < 1.29 is 14.2 Å². The number of pyridine rings is 1. The minimum absolute atomic E-state index is 0.482. The van der Waals surface area contributed by atoms with Crippen molar-refractivity contribution in [2.24, 2.45) is 5.92 Å². The van der Waals surface area contributed by atoms with Gasteiger partial charge in [-0.05, 0) is 34.5 Å². The molecule has 0 aliphatic rings. The van der Waals surface area contributed by atoms with E-state index in [0.717, 1.165) is 23.1 Å². The van der Waals surface area contributed by atoms with Crippen LogP contribution in [0.3, 0.4) is 0 Å². The van der Waals surface area contributed by atoms with Gasteiger partial charge in [-0.3, -0.25) is 0 Å². The Balaban J connectivity index is 2.40. The van der Waals surface area contributed by atoms with Crippen LogP contribution in [0.1, 0.15) is 19.4 Å². The van der Waals surface area contributed by atoms with Crippen LogP contribution in [0, 0.1) is 5.92 Å². The van der Waals surface area contributed by atoms with Gasteiger partial charge in [-0.2, -0.15) is 0 Å². The third kappa shape index (κ3) is 8.36. The molecule has 1 heterocycles. The van der Waals surface area contributed by atoms with Crippen LogP contribution in [-0.2, 0) is 16.0 Å². The highest BCUT2D eigenvalue weighted by molar-refractivity contribution is 9.10. The quantitative estimate of drug-likeness (QED) is 0.614. The smallest absolute Gasteiger partial charge is 0.217 e. The van der Waals surface area contributed by atoms with Crippen LogP contribution >= 0.6 is 15.9 Å². The van der Waals surface area contributed by atoms with E-state index in [2.05, 4.69) is 40.1 Å². The lowest BCUT2D eigenvalue weighted by Crippen LogP contribution is -2.20. The van der Waals surface area contributed by atoms with Gasteiger partial charge in [0.15, 0.2) is 0 Å². The minimum atomic E-state index is 0.482. The second-order valence-corrected chi connectivity index (χ2v) is 6.01. The van der Waals surface area contributed by atoms with Gasteiger partial charge in [-0.1, -0.05) is 13.8 Å². The third-order valence-corrected chi connectivity index (χ3v) is 3.09. The highest BCUT2D eigenvalue weighted by Gasteiger charge is 2.07. The van der Waals surface area contributed by atoms with E-state index < -0.39 is 0 Å². The number of ether oxygens (including phenoxy) is 3. The first kappa shape index (κ1) is 18.4. The molecule has 0 aliphatic heterocycles. The summed E-state index contributed by atoms with van der Waals surface area (Å²) < 4.78 is 16.9. The van der Waals surface area contributed by atoms with E-state index in [0.29, 0.717) is 38.2 Å². The zero-order valence-electron chi connectivity index (χ0n) is 13.0. The number of nitrogens with zero attached hydrogens (tertiary/aromatic N) is 1. The Hall–Kier alpha value is -0.690. The van der Waals surface area contributed by atoms with Crippen LogP contribution in [0.15, 0.2) is 16.7 Å². The van der Waals surface area contributed by atoms with Crippen molar-refractivity contribution in [3.63, 3.8) is 0 Å². The molecule has 0 aliphatic carbocycles. The largest absolute Gasteiger partial charge is 0.475 e. The monoisotopic (exact) mass is 360 g/mol. The van der Waals surface area contributed by atoms with Gasteiger partial charge in [-0.25, -0.2) is 4.98 Å². The lowest BCUT2D eigenvalue weighted by Gasteiger charge is -2.12. The number of aromatic nitrogens is 1. The van der Waals surface area contributed by atoms with Gasteiger partial charge in [0, 0.05) is 29.9 Å². The van der Waals surface area contributed by atoms with Crippen LogP contribution in [0.25, 0.3) is 0 Å². The Kier molecular flexibility index (Phi) is 9.58. The highest BCUT2D eigenvalue weighted by Crippen LogP contribution is 2.20. The second kappa shape index (κ2) is 11.0. The van der Waals surface area contributed by atoms with Gasteiger partial charge in [-0.15, -0.1) is 0 Å². The summed E-state index contributed by atoms with van der Waals surface area (Å²) in [6.45, 7) is 8.26. The Morgan fingerprint density at radius 1 is 1.24 bits per heavy atom. The SMILES string of the molecule is COCCOCCOc1ncc(Br)cc1CNCC(C)C. The molecule has 1 aromatic heterocycles. The molecule has 0 saturated carbocycles. The van der Waals surface area contributed by atoms with Crippen molar-refractivity contribution in [1.82, 2.24) is 10.3 Å². The van der Waals surface area contributed by atoms with Crippen molar-refractivity contribution in [3.8, 4) is 5.88 Å². The molecule has 120 valence electrons. The summed E-state index contributed by atoms with van der Waals surface area (Å²) >= 11 is 3.44. The summed E-state index contributed by atoms with van der Waals surface area (Å²) in [7, 11) is 1.65. The molecule has 0 aromatic carbocycles. The topological polar surface area (TPSA) is 52.6 Å². The molecule has 0 unspecified atom stereocenters. The molecule has 0 radical (unpaired) electrons. The molecule has 0 amide bonds. The van der Waals surface area contributed by atoms with E-state index in [4.69, 9.17) is 14.2 Å². The maximum atomic E-state index is 5.69. The fourth-order valence-corrected chi connectivity index (χ4v) is 2.04. The van der Waals surface area contributed by atoms with Crippen LogP contribution in [0.4, 0.5) is 0 Å². The van der Waals surface area contributed by atoms with Crippen molar-refractivity contribution in [2.45, 2.75) is 20.4 Å². The van der Waals surface area contributed by atoms with Gasteiger partial charge in [0.2, 0.25) is 5.88 Å². The first-order chi connectivity index (χ1) is 10.1. The zero-order valence-corrected chi connectivity index (χ0v) is 14.6. The van der Waals surface area contributed by atoms with Crippen molar-refractivity contribution in [1.29, 1.82) is 0 Å². The van der Waals surface area contributed by atoms with E-state index in [9.17, 15) is 0 Å². The summed E-state index contributed by atoms with van der Waals surface area (Å²) in [5, 5.41) is 3.40. The number of hydrogen-bond acceptors (Lipinski definition) is 5. The fourth-order valence-electron chi connectivity index (χ4n) is 1.66. The molecule has 1 aromatic rings. The van der Waals surface area contributed by atoms with Crippen molar-refractivity contribution in [3.05, 3.63) is 22.3 Å². The van der Waals surface area contributed by atoms with Gasteiger partial charge < -0.3 is 19.5 Å². The number of rotatable bonds is 11.